The molecule has 2 nitrogen and oxygen atoms in total. The van der Waals surface area contributed by atoms with Gasteiger partial charge in [-0.1, -0.05) is 53.2 Å². The fraction of sp³-hybridized carbons (Fsp3) is 0.250. The quantitative estimate of drug-likeness (QED) is 0.880. The van der Waals surface area contributed by atoms with Gasteiger partial charge in [0.05, 0.1) is 6.10 Å². The van der Waals surface area contributed by atoms with E-state index >= 15 is 0 Å². The van der Waals surface area contributed by atoms with Crippen LogP contribution in [0.15, 0.2) is 53.0 Å². The van der Waals surface area contributed by atoms with E-state index in [2.05, 4.69) is 15.9 Å². The molecule has 100 valence electrons. The second-order valence-corrected chi connectivity index (χ2v) is 5.23. The third-order valence-corrected chi connectivity index (χ3v) is 3.78. The molecule has 0 aliphatic carbocycles. The van der Waals surface area contributed by atoms with E-state index < -0.39 is 6.10 Å². The van der Waals surface area contributed by atoms with E-state index in [-0.39, 0.29) is 0 Å². The van der Waals surface area contributed by atoms with E-state index in [1.165, 1.54) is 0 Å². The number of benzene rings is 2. The Hall–Kier alpha value is -1.32. The number of halogens is 1. The lowest BCUT2D eigenvalue weighted by Gasteiger charge is -2.10. The van der Waals surface area contributed by atoms with Crippen molar-refractivity contribution in [2.24, 2.45) is 0 Å². The van der Waals surface area contributed by atoms with Gasteiger partial charge in [0.15, 0.2) is 0 Å². The smallest absolute Gasteiger partial charge is 0.119 e. The zero-order valence-corrected chi connectivity index (χ0v) is 12.4. The minimum absolute atomic E-state index is 0.391. The molecule has 2 aromatic rings. The standard InChI is InChI=1S/C16H17BrO2/c1-2-16(18)12-7-9-14(10-8-12)19-11-13-5-3-4-6-15(13)17/h3-10,16,18H,2,11H2,1H3/t16-/m1/s1. The van der Waals surface area contributed by atoms with Crippen molar-refractivity contribution in [2.75, 3.05) is 0 Å². The molecule has 2 rings (SSSR count). The Labute approximate surface area is 122 Å². The summed E-state index contributed by atoms with van der Waals surface area (Å²) in [6.45, 7) is 2.49. The van der Waals surface area contributed by atoms with Crippen molar-refractivity contribution in [1.82, 2.24) is 0 Å². The SMILES string of the molecule is CC[C@@H](O)c1ccc(OCc2ccccc2Br)cc1. The van der Waals surface area contributed by atoms with E-state index in [0.717, 1.165) is 27.8 Å². The number of aliphatic hydroxyl groups is 1. The molecule has 0 fully saturated rings. The van der Waals surface area contributed by atoms with Crippen molar-refractivity contribution in [2.45, 2.75) is 26.1 Å². The molecule has 0 heterocycles. The van der Waals surface area contributed by atoms with Gasteiger partial charge in [0.2, 0.25) is 0 Å². The summed E-state index contributed by atoms with van der Waals surface area (Å²) in [5.74, 6) is 0.808. The predicted molar refractivity (Wildman–Crippen MR) is 80.2 cm³/mol. The maximum atomic E-state index is 9.72. The van der Waals surface area contributed by atoms with Gasteiger partial charge in [-0.25, -0.2) is 0 Å². The fourth-order valence-corrected chi connectivity index (χ4v) is 2.20. The van der Waals surface area contributed by atoms with Gasteiger partial charge in [0.25, 0.3) is 0 Å². The topological polar surface area (TPSA) is 29.5 Å². The monoisotopic (exact) mass is 320 g/mol. The number of hydrogen-bond donors (Lipinski definition) is 1. The van der Waals surface area contributed by atoms with Gasteiger partial charge in [0.1, 0.15) is 12.4 Å². The zero-order valence-electron chi connectivity index (χ0n) is 10.8. The lowest BCUT2D eigenvalue weighted by Crippen LogP contribution is -1.98. The van der Waals surface area contributed by atoms with Gasteiger partial charge >= 0.3 is 0 Å². The van der Waals surface area contributed by atoms with Crippen LogP contribution in [0.5, 0.6) is 5.75 Å². The average molecular weight is 321 g/mol. The molecule has 0 saturated heterocycles. The minimum Gasteiger partial charge on any atom is -0.489 e. The first kappa shape index (κ1) is 14.1. The van der Waals surface area contributed by atoms with E-state index in [1.807, 2.05) is 55.5 Å². The van der Waals surface area contributed by atoms with Crippen LogP contribution < -0.4 is 4.74 Å². The lowest BCUT2D eigenvalue weighted by atomic mass is 10.1. The molecule has 0 amide bonds. The average Bonchev–Trinajstić information content (AvgIpc) is 2.46. The second-order valence-electron chi connectivity index (χ2n) is 4.37. The molecule has 2 aromatic carbocycles. The molecular formula is C16H17BrO2. The number of rotatable bonds is 5. The van der Waals surface area contributed by atoms with E-state index in [1.54, 1.807) is 0 Å². The Morgan fingerprint density at radius 3 is 2.42 bits per heavy atom. The summed E-state index contributed by atoms with van der Waals surface area (Å²) in [6.07, 6.45) is 0.328. The maximum absolute atomic E-state index is 9.72. The van der Waals surface area contributed by atoms with Gasteiger partial charge in [0, 0.05) is 10.0 Å². The van der Waals surface area contributed by atoms with E-state index in [0.29, 0.717) is 6.61 Å². The Morgan fingerprint density at radius 2 is 1.79 bits per heavy atom. The number of ether oxygens (including phenoxy) is 1. The first-order chi connectivity index (χ1) is 9.20. The van der Waals surface area contributed by atoms with Crippen LogP contribution in [-0.4, -0.2) is 5.11 Å². The van der Waals surface area contributed by atoms with Gasteiger partial charge in [-0.15, -0.1) is 0 Å². The highest BCUT2D eigenvalue weighted by Crippen LogP contribution is 2.22. The minimum atomic E-state index is -0.391. The van der Waals surface area contributed by atoms with Crippen molar-refractivity contribution in [3.05, 3.63) is 64.1 Å². The van der Waals surface area contributed by atoms with Crippen LogP contribution in [0, 0.1) is 0 Å². The lowest BCUT2D eigenvalue weighted by molar-refractivity contribution is 0.173. The van der Waals surface area contributed by atoms with Crippen LogP contribution in [-0.2, 0) is 6.61 Å². The third-order valence-electron chi connectivity index (χ3n) is 3.00. The normalized spacial score (nSPS) is 12.2. The Morgan fingerprint density at radius 1 is 1.11 bits per heavy atom. The van der Waals surface area contributed by atoms with Crippen molar-refractivity contribution >= 4 is 15.9 Å². The molecule has 0 unspecified atom stereocenters. The molecule has 19 heavy (non-hydrogen) atoms. The molecular weight excluding hydrogens is 304 g/mol. The first-order valence-corrected chi connectivity index (χ1v) is 7.14. The zero-order chi connectivity index (χ0) is 13.7. The highest BCUT2D eigenvalue weighted by molar-refractivity contribution is 9.10. The molecule has 3 heteroatoms. The number of hydrogen-bond acceptors (Lipinski definition) is 2. The van der Waals surface area contributed by atoms with Crippen molar-refractivity contribution < 1.29 is 9.84 Å². The van der Waals surface area contributed by atoms with E-state index in [4.69, 9.17) is 4.74 Å². The third kappa shape index (κ3) is 3.82. The molecule has 0 aromatic heterocycles. The molecule has 0 spiro atoms. The van der Waals surface area contributed by atoms with E-state index in [9.17, 15) is 5.11 Å². The molecule has 0 saturated carbocycles. The van der Waals surface area contributed by atoms with Crippen molar-refractivity contribution in [1.29, 1.82) is 0 Å². The fourth-order valence-electron chi connectivity index (χ4n) is 1.80. The molecule has 1 N–H and O–H groups in total. The van der Waals surface area contributed by atoms with Crippen molar-refractivity contribution in [3.8, 4) is 5.75 Å². The first-order valence-electron chi connectivity index (χ1n) is 6.35. The van der Waals surface area contributed by atoms with Crippen LogP contribution in [0.4, 0.5) is 0 Å². The van der Waals surface area contributed by atoms with Gasteiger partial charge in [-0.05, 0) is 30.2 Å². The second kappa shape index (κ2) is 6.73. The molecule has 0 radical (unpaired) electrons. The summed E-state index contributed by atoms with van der Waals surface area (Å²) >= 11 is 3.50. The molecule has 0 bridgehead atoms. The molecule has 1 atom stereocenters. The summed E-state index contributed by atoms with van der Waals surface area (Å²) in [5.41, 5.74) is 2.04. The van der Waals surface area contributed by atoms with Gasteiger partial charge in [-0.3, -0.25) is 0 Å². The van der Waals surface area contributed by atoms with Crippen LogP contribution >= 0.6 is 15.9 Å². The number of aliphatic hydroxyl groups excluding tert-OH is 1. The molecule has 0 aliphatic heterocycles. The Balaban J connectivity index is 1.99. The predicted octanol–water partition coefficient (Wildman–Crippen LogP) is 4.47. The highest BCUT2D eigenvalue weighted by atomic mass is 79.9. The van der Waals surface area contributed by atoms with Gasteiger partial charge in [-0.2, -0.15) is 0 Å². The van der Waals surface area contributed by atoms with Crippen LogP contribution in [0.2, 0.25) is 0 Å². The Bertz CT molecular complexity index is 523. The van der Waals surface area contributed by atoms with Crippen LogP contribution in [0.3, 0.4) is 0 Å². The summed E-state index contributed by atoms with van der Waals surface area (Å²) in [6, 6.07) is 15.6. The van der Waals surface area contributed by atoms with Crippen LogP contribution in [0.1, 0.15) is 30.6 Å². The summed E-state index contributed by atoms with van der Waals surface area (Å²) < 4.78 is 6.78. The molecule has 0 aliphatic rings. The summed E-state index contributed by atoms with van der Waals surface area (Å²) in [4.78, 5) is 0. The van der Waals surface area contributed by atoms with Gasteiger partial charge < -0.3 is 9.84 Å². The highest BCUT2D eigenvalue weighted by Gasteiger charge is 2.05. The maximum Gasteiger partial charge on any atom is 0.119 e. The Kier molecular flexibility index (Phi) is 5.00. The summed E-state index contributed by atoms with van der Waals surface area (Å²) in [7, 11) is 0. The van der Waals surface area contributed by atoms with Crippen LogP contribution in [0.25, 0.3) is 0 Å². The largest absolute Gasteiger partial charge is 0.489 e. The van der Waals surface area contributed by atoms with Crippen molar-refractivity contribution in [3.63, 3.8) is 0 Å². The summed E-state index contributed by atoms with van der Waals surface area (Å²) in [5, 5.41) is 9.72.